The van der Waals surface area contributed by atoms with E-state index in [1.807, 2.05) is 36.4 Å². The van der Waals surface area contributed by atoms with E-state index >= 15 is 0 Å². The van der Waals surface area contributed by atoms with Crippen LogP contribution in [0.2, 0.25) is 0 Å². The second-order valence-corrected chi connectivity index (χ2v) is 9.82. The minimum atomic E-state index is -0.592. The molecule has 2 saturated heterocycles. The number of likely N-dealkylation sites (N-methyl/N-ethyl adjacent to an activating group) is 1. The number of carbonyl (C=O) groups excluding carboxylic acids is 2. The summed E-state index contributed by atoms with van der Waals surface area (Å²) in [7, 11) is 2.12. The third-order valence-electron chi connectivity index (χ3n) is 7.24. The molecule has 2 fully saturated rings. The number of aryl methyl sites for hydroxylation is 1. The average Bonchev–Trinajstić information content (AvgIpc) is 3.29. The molecular formula is C27H34N4O4. The maximum Gasteiger partial charge on any atom is 0.265 e. The van der Waals surface area contributed by atoms with Crippen LogP contribution in [-0.2, 0) is 16.0 Å². The van der Waals surface area contributed by atoms with Crippen LogP contribution in [0.1, 0.15) is 43.4 Å². The zero-order valence-corrected chi connectivity index (χ0v) is 20.5. The lowest BCUT2D eigenvalue weighted by molar-refractivity contribution is -0.123. The number of carbonyl (C=O) groups is 2. The summed E-state index contributed by atoms with van der Waals surface area (Å²) in [5.74, 6) is 0.726. The molecule has 2 aromatic rings. The Labute approximate surface area is 206 Å². The van der Waals surface area contributed by atoms with Gasteiger partial charge in [0.25, 0.3) is 5.91 Å². The van der Waals surface area contributed by atoms with Crippen molar-refractivity contribution in [2.45, 2.75) is 44.8 Å². The van der Waals surface area contributed by atoms with Crippen molar-refractivity contribution in [1.82, 2.24) is 4.90 Å². The van der Waals surface area contributed by atoms with Crippen LogP contribution in [0.3, 0.4) is 0 Å². The van der Waals surface area contributed by atoms with E-state index in [0.717, 1.165) is 67.4 Å². The molecule has 0 saturated carbocycles. The van der Waals surface area contributed by atoms with E-state index in [4.69, 9.17) is 4.74 Å². The van der Waals surface area contributed by atoms with Crippen molar-refractivity contribution >= 4 is 28.9 Å². The topological polar surface area (TPSA) is 85.3 Å². The van der Waals surface area contributed by atoms with Crippen LogP contribution in [0.15, 0.2) is 36.4 Å². The number of nitrogens with zero attached hydrogens (tertiary/aromatic N) is 3. The first-order valence-electron chi connectivity index (χ1n) is 12.6. The van der Waals surface area contributed by atoms with Gasteiger partial charge in [0.2, 0.25) is 5.91 Å². The van der Waals surface area contributed by atoms with Crippen molar-refractivity contribution < 1.29 is 19.4 Å². The van der Waals surface area contributed by atoms with E-state index < -0.39 is 12.2 Å². The van der Waals surface area contributed by atoms with Gasteiger partial charge in [-0.1, -0.05) is 0 Å². The molecule has 2 unspecified atom stereocenters. The van der Waals surface area contributed by atoms with Gasteiger partial charge in [-0.15, -0.1) is 0 Å². The fourth-order valence-electron chi connectivity index (χ4n) is 5.08. The van der Waals surface area contributed by atoms with E-state index in [9.17, 15) is 14.7 Å². The minimum absolute atomic E-state index is 0.144. The van der Waals surface area contributed by atoms with E-state index in [1.165, 1.54) is 0 Å². The van der Waals surface area contributed by atoms with Crippen LogP contribution >= 0.6 is 0 Å². The van der Waals surface area contributed by atoms with Crippen molar-refractivity contribution in [1.29, 1.82) is 0 Å². The largest absolute Gasteiger partial charge is 0.478 e. The number of fused-ring (bicyclic) bond motifs is 1. The molecule has 0 aromatic heterocycles. The highest BCUT2D eigenvalue weighted by Crippen LogP contribution is 2.40. The maximum absolute atomic E-state index is 13.1. The van der Waals surface area contributed by atoms with Gasteiger partial charge in [0.1, 0.15) is 5.75 Å². The Bertz CT molecular complexity index is 1090. The van der Waals surface area contributed by atoms with Gasteiger partial charge < -0.3 is 29.9 Å². The lowest BCUT2D eigenvalue weighted by atomic mass is 9.96. The summed E-state index contributed by atoms with van der Waals surface area (Å²) in [6.45, 7) is 6.18. The van der Waals surface area contributed by atoms with Gasteiger partial charge in [0.05, 0.1) is 11.8 Å². The van der Waals surface area contributed by atoms with Gasteiger partial charge in [-0.2, -0.15) is 0 Å². The number of rotatable bonds is 5. The Morgan fingerprint density at radius 2 is 1.83 bits per heavy atom. The summed E-state index contributed by atoms with van der Waals surface area (Å²) >= 11 is 0. The predicted molar refractivity (Wildman–Crippen MR) is 136 cm³/mol. The lowest BCUT2D eigenvalue weighted by Gasteiger charge is -2.37. The first kappa shape index (κ1) is 23.6. The number of amides is 2. The molecule has 3 heterocycles. The number of anilines is 3. The van der Waals surface area contributed by atoms with Gasteiger partial charge >= 0.3 is 0 Å². The number of nitrogens with one attached hydrogen (secondary N) is 1. The van der Waals surface area contributed by atoms with Crippen molar-refractivity contribution in [3.63, 3.8) is 0 Å². The molecule has 2 aromatic carbocycles. The molecule has 0 aliphatic carbocycles. The summed E-state index contributed by atoms with van der Waals surface area (Å²) < 4.78 is 6.33. The summed E-state index contributed by atoms with van der Waals surface area (Å²) in [5.41, 5.74) is 4.42. The van der Waals surface area contributed by atoms with Crippen molar-refractivity contribution in [3.8, 4) is 5.75 Å². The number of aliphatic hydroxyl groups is 1. The van der Waals surface area contributed by atoms with Gasteiger partial charge in [0, 0.05) is 50.5 Å². The molecule has 2 amide bonds. The number of ether oxygens (including phenoxy) is 1. The Balaban J connectivity index is 1.31. The molecule has 8 nitrogen and oxygen atoms in total. The highest BCUT2D eigenvalue weighted by Gasteiger charge is 2.31. The van der Waals surface area contributed by atoms with Gasteiger partial charge in [0.15, 0.2) is 6.10 Å². The molecule has 186 valence electrons. The van der Waals surface area contributed by atoms with Crippen LogP contribution in [0.5, 0.6) is 5.75 Å². The zero-order chi connectivity index (χ0) is 24.5. The Kier molecular flexibility index (Phi) is 6.67. The number of hydrogen-bond acceptors (Lipinski definition) is 6. The van der Waals surface area contributed by atoms with Crippen LogP contribution in [0.4, 0.5) is 17.1 Å². The molecule has 35 heavy (non-hydrogen) atoms. The van der Waals surface area contributed by atoms with Crippen molar-refractivity contribution in [3.05, 3.63) is 47.5 Å². The zero-order valence-electron chi connectivity index (χ0n) is 20.5. The fraction of sp³-hybridized carbons (Fsp3) is 0.481. The van der Waals surface area contributed by atoms with E-state index in [2.05, 4.69) is 22.2 Å². The molecule has 0 radical (unpaired) electrons. The van der Waals surface area contributed by atoms with Crippen molar-refractivity contribution in [2.24, 2.45) is 0 Å². The maximum atomic E-state index is 13.1. The van der Waals surface area contributed by atoms with E-state index in [0.29, 0.717) is 24.9 Å². The number of benzene rings is 2. The highest BCUT2D eigenvalue weighted by atomic mass is 16.5. The normalized spacial score (nSPS) is 21.5. The summed E-state index contributed by atoms with van der Waals surface area (Å²) in [5, 5.41) is 13.2. The molecule has 0 spiro atoms. The molecule has 0 bridgehead atoms. The molecule has 2 atom stereocenters. The molecule has 5 rings (SSSR count). The van der Waals surface area contributed by atoms with Gasteiger partial charge in [-0.25, -0.2) is 0 Å². The molecule has 3 aliphatic heterocycles. The number of aliphatic hydroxyl groups excluding tert-OH is 1. The highest BCUT2D eigenvalue weighted by molar-refractivity contribution is 5.97. The van der Waals surface area contributed by atoms with Crippen LogP contribution in [0, 0.1) is 0 Å². The summed E-state index contributed by atoms with van der Waals surface area (Å²) in [6, 6.07) is 11.4. The summed E-state index contributed by atoms with van der Waals surface area (Å²) in [4.78, 5) is 31.5. The first-order chi connectivity index (χ1) is 16.9. The fourth-order valence-corrected chi connectivity index (χ4v) is 5.08. The smallest absolute Gasteiger partial charge is 0.265 e. The van der Waals surface area contributed by atoms with Gasteiger partial charge in [-0.05, 0) is 80.8 Å². The van der Waals surface area contributed by atoms with Crippen LogP contribution in [-0.4, -0.2) is 67.7 Å². The second-order valence-electron chi connectivity index (χ2n) is 9.82. The number of hydrogen-bond donors (Lipinski definition) is 2. The van der Waals surface area contributed by atoms with E-state index in [1.54, 1.807) is 11.8 Å². The molecular weight excluding hydrogens is 444 g/mol. The standard InChI is InChI=1S/C27H34N4O4/c1-18(32)20-16-19-5-10-24(35-26(19)23(17-20)30-14-12-29(2)13-15-30)27(34)28-21-6-8-22(9-7-21)31-11-3-4-25(31)33/h6-9,16-18,24,32H,3-5,10-15H2,1-2H3,(H,28,34). The predicted octanol–water partition coefficient (Wildman–Crippen LogP) is 2.95. The summed E-state index contributed by atoms with van der Waals surface area (Å²) in [6.07, 6.45) is 1.60. The van der Waals surface area contributed by atoms with Gasteiger partial charge in [-0.3, -0.25) is 9.59 Å². The van der Waals surface area contributed by atoms with Crippen LogP contribution < -0.4 is 19.9 Å². The quantitative estimate of drug-likeness (QED) is 0.687. The Morgan fingerprint density at radius 1 is 1.09 bits per heavy atom. The SMILES string of the molecule is CC(O)c1cc2c(c(N3CCN(C)CC3)c1)OC(C(=O)Nc1ccc(N3CCCC3=O)cc1)CC2. The Morgan fingerprint density at radius 3 is 2.49 bits per heavy atom. The third kappa shape index (κ3) is 4.99. The lowest BCUT2D eigenvalue weighted by Crippen LogP contribution is -2.45. The first-order valence-corrected chi connectivity index (χ1v) is 12.6. The monoisotopic (exact) mass is 478 g/mol. The Hall–Kier alpha value is -3.10. The molecule has 2 N–H and O–H groups in total. The second kappa shape index (κ2) is 9.87. The van der Waals surface area contributed by atoms with Crippen LogP contribution in [0.25, 0.3) is 0 Å². The average molecular weight is 479 g/mol. The number of piperazine rings is 1. The third-order valence-corrected chi connectivity index (χ3v) is 7.24. The molecule has 8 heteroatoms. The van der Waals surface area contributed by atoms with E-state index in [-0.39, 0.29) is 11.8 Å². The van der Waals surface area contributed by atoms with Crippen molar-refractivity contribution in [2.75, 3.05) is 54.9 Å². The molecule has 3 aliphatic rings. The minimum Gasteiger partial charge on any atom is -0.478 e.